The second-order valence-electron chi connectivity index (χ2n) is 5.82. The number of nitrogens with one attached hydrogen (secondary N) is 2. The molecule has 2 atom stereocenters. The van der Waals surface area contributed by atoms with E-state index in [1.165, 1.54) is 22.8 Å². The van der Waals surface area contributed by atoms with Crippen molar-refractivity contribution in [3.05, 3.63) is 64.3 Å². The van der Waals surface area contributed by atoms with Crippen LogP contribution in [0.15, 0.2) is 47.4 Å². The van der Waals surface area contributed by atoms with Crippen molar-refractivity contribution < 1.29 is 14.3 Å². The van der Waals surface area contributed by atoms with Crippen molar-refractivity contribution in [3.63, 3.8) is 0 Å². The van der Waals surface area contributed by atoms with Crippen LogP contribution in [0.3, 0.4) is 0 Å². The van der Waals surface area contributed by atoms with Crippen molar-refractivity contribution in [1.29, 1.82) is 0 Å². The van der Waals surface area contributed by atoms with Gasteiger partial charge in [0.2, 0.25) is 5.91 Å². The van der Waals surface area contributed by atoms with Gasteiger partial charge in [0.15, 0.2) is 0 Å². The highest BCUT2D eigenvalue weighted by Gasteiger charge is 2.28. The Morgan fingerprint density at radius 2 is 2.08 bits per heavy atom. The molecule has 2 unspecified atom stereocenters. The fourth-order valence-corrected chi connectivity index (χ4v) is 2.68. The van der Waals surface area contributed by atoms with Gasteiger partial charge in [-0.25, -0.2) is 4.39 Å². The molecule has 2 aromatic rings. The van der Waals surface area contributed by atoms with Gasteiger partial charge < -0.3 is 20.3 Å². The highest BCUT2D eigenvalue weighted by atomic mass is 19.1. The number of aliphatic hydroxyl groups excluding tert-OH is 1. The number of rotatable bonds is 4. The fraction of sp³-hybridized carbons (Fsp3) is 0.294. The lowest BCUT2D eigenvalue weighted by Gasteiger charge is -2.12. The fourth-order valence-electron chi connectivity index (χ4n) is 2.68. The molecule has 0 radical (unpaired) electrons. The summed E-state index contributed by atoms with van der Waals surface area (Å²) in [6.07, 6.45) is 1.38. The minimum atomic E-state index is -0.549. The van der Waals surface area contributed by atoms with E-state index in [1.807, 2.05) is 0 Å². The van der Waals surface area contributed by atoms with E-state index < -0.39 is 12.1 Å². The zero-order valence-electron chi connectivity index (χ0n) is 12.9. The number of β-amino-alcohol motifs (C(OH)–C–C–N with tert-alkyl or cyclic N) is 1. The first-order chi connectivity index (χ1) is 11.5. The number of aliphatic hydroxyl groups is 1. The van der Waals surface area contributed by atoms with Crippen LogP contribution < -0.4 is 16.2 Å². The third-order valence-electron chi connectivity index (χ3n) is 3.97. The Labute approximate surface area is 137 Å². The second kappa shape index (κ2) is 6.94. The number of hydrogen-bond donors (Lipinski definition) is 3. The Kier molecular flexibility index (Phi) is 4.73. The maximum Gasteiger partial charge on any atom is 0.274 e. The molecular weight excluding hydrogens is 313 g/mol. The Morgan fingerprint density at radius 1 is 1.33 bits per heavy atom. The van der Waals surface area contributed by atoms with Crippen molar-refractivity contribution in [2.45, 2.75) is 25.1 Å². The molecule has 0 aliphatic carbocycles. The minimum Gasteiger partial charge on any atom is -0.392 e. The highest BCUT2D eigenvalue weighted by Crippen LogP contribution is 2.10. The van der Waals surface area contributed by atoms with Crippen LogP contribution in [-0.2, 0) is 11.3 Å². The van der Waals surface area contributed by atoms with E-state index in [-0.39, 0.29) is 29.5 Å². The molecule has 2 heterocycles. The van der Waals surface area contributed by atoms with Crippen molar-refractivity contribution in [1.82, 2.24) is 9.88 Å². The van der Waals surface area contributed by atoms with Gasteiger partial charge >= 0.3 is 0 Å². The summed E-state index contributed by atoms with van der Waals surface area (Å²) in [7, 11) is 0. The molecule has 1 aromatic carbocycles. The summed E-state index contributed by atoms with van der Waals surface area (Å²) in [4.78, 5) is 24.6. The normalized spacial score (nSPS) is 20.1. The van der Waals surface area contributed by atoms with Crippen LogP contribution in [0.2, 0.25) is 0 Å². The van der Waals surface area contributed by atoms with Gasteiger partial charge in [0.25, 0.3) is 5.56 Å². The van der Waals surface area contributed by atoms with Gasteiger partial charge in [-0.05, 0) is 36.2 Å². The first-order valence-corrected chi connectivity index (χ1v) is 7.69. The third kappa shape index (κ3) is 3.69. The van der Waals surface area contributed by atoms with E-state index in [1.54, 1.807) is 24.4 Å². The van der Waals surface area contributed by atoms with E-state index >= 15 is 0 Å². The number of amides is 1. The number of nitrogens with zero attached hydrogens (tertiary/aromatic N) is 1. The van der Waals surface area contributed by atoms with E-state index in [2.05, 4.69) is 10.6 Å². The molecule has 0 saturated carbocycles. The Hall–Kier alpha value is -2.51. The van der Waals surface area contributed by atoms with E-state index in [0.29, 0.717) is 13.0 Å². The largest absolute Gasteiger partial charge is 0.392 e. The molecule has 7 heteroatoms. The minimum absolute atomic E-state index is 0.174. The number of aromatic nitrogens is 1. The molecule has 6 nitrogen and oxygen atoms in total. The predicted octanol–water partition coefficient (Wildman–Crippen LogP) is 0.697. The van der Waals surface area contributed by atoms with Crippen molar-refractivity contribution in [2.24, 2.45) is 0 Å². The molecular formula is C17H18FN3O3. The van der Waals surface area contributed by atoms with Gasteiger partial charge in [-0.1, -0.05) is 12.1 Å². The summed E-state index contributed by atoms with van der Waals surface area (Å²) >= 11 is 0. The topological polar surface area (TPSA) is 83.4 Å². The predicted molar refractivity (Wildman–Crippen MR) is 87.2 cm³/mol. The number of carbonyl (C=O) groups is 1. The van der Waals surface area contributed by atoms with Gasteiger partial charge in [0.05, 0.1) is 18.7 Å². The highest BCUT2D eigenvalue weighted by molar-refractivity contribution is 5.94. The summed E-state index contributed by atoms with van der Waals surface area (Å²) in [6.45, 7) is 0.644. The van der Waals surface area contributed by atoms with Crippen LogP contribution >= 0.6 is 0 Å². The summed E-state index contributed by atoms with van der Waals surface area (Å²) in [5.74, 6) is -0.679. The average Bonchev–Trinajstić information content (AvgIpc) is 3.00. The molecule has 3 rings (SSSR count). The lowest BCUT2D eigenvalue weighted by Crippen LogP contribution is -2.37. The monoisotopic (exact) mass is 331 g/mol. The number of pyridine rings is 1. The Morgan fingerprint density at radius 3 is 2.75 bits per heavy atom. The van der Waals surface area contributed by atoms with Gasteiger partial charge in [0, 0.05) is 12.7 Å². The van der Waals surface area contributed by atoms with Crippen molar-refractivity contribution >= 4 is 11.6 Å². The smallest absolute Gasteiger partial charge is 0.274 e. The average molecular weight is 331 g/mol. The molecule has 1 fully saturated rings. The molecule has 1 aliphatic heterocycles. The molecule has 1 aromatic heterocycles. The summed E-state index contributed by atoms with van der Waals surface area (Å²) in [5, 5.41) is 15.0. The molecule has 1 saturated heterocycles. The van der Waals surface area contributed by atoms with Crippen LogP contribution in [-0.4, -0.2) is 34.3 Å². The molecule has 0 bridgehead atoms. The van der Waals surface area contributed by atoms with Gasteiger partial charge in [0.1, 0.15) is 11.5 Å². The molecule has 126 valence electrons. The van der Waals surface area contributed by atoms with E-state index in [9.17, 15) is 19.1 Å². The summed E-state index contributed by atoms with van der Waals surface area (Å²) in [5.41, 5.74) is 0.615. The summed E-state index contributed by atoms with van der Waals surface area (Å²) < 4.78 is 14.4. The van der Waals surface area contributed by atoms with Crippen LogP contribution in [0, 0.1) is 5.82 Å². The summed E-state index contributed by atoms with van der Waals surface area (Å²) in [6, 6.07) is 8.58. The number of hydrogen-bond acceptors (Lipinski definition) is 4. The van der Waals surface area contributed by atoms with Crippen LogP contribution in [0.5, 0.6) is 0 Å². The van der Waals surface area contributed by atoms with E-state index in [4.69, 9.17) is 0 Å². The number of anilines is 1. The lowest BCUT2D eigenvalue weighted by atomic mass is 10.2. The van der Waals surface area contributed by atoms with Crippen LogP contribution in [0.25, 0.3) is 0 Å². The number of halogens is 1. The van der Waals surface area contributed by atoms with E-state index in [0.717, 1.165) is 5.56 Å². The zero-order valence-corrected chi connectivity index (χ0v) is 12.9. The number of benzene rings is 1. The molecule has 0 spiro atoms. The standard InChI is InChI=1S/C17H18FN3O3/c18-12-5-3-11(4-6-12)10-21-7-1-2-14(17(21)24)20-16(23)15-8-13(22)9-19-15/h1-7,13,15,19,22H,8-10H2,(H,20,23). The maximum atomic E-state index is 12.9. The van der Waals surface area contributed by atoms with Gasteiger partial charge in [-0.15, -0.1) is 0 Å². The molecule has 1 aliphatic rings. The molecule has 24 heavy (non-hydrogen) atoms. The van der Waals surface area contributed by atoms with Crippen molar-refractivity contribution in [3.8, 4) is 0 Å². The molecule has 3 N–H and O–H groups in total. The number of carbonyl (C=O) groups excluding carboxylic acids is 1. The lowest BCUT2D eigenvalue weighted by molar-refractivity contribution is -0.117. The third-order valence-corrected chi connectivity index (χ3v) is 3.97. The first kappa shape index (κ1) is 16.4. The Balaban J connectivity index is 1.74. The van der Waals surface area contributed by atoms with Gasteiger partial charge in [-0.3, -0.25) is 9.59 Å². The second-order valence-corrected chi connectivity index (χ2v) is 5.82. The van der Waals surface area contributed by atoms with Crippen LogP contribution in [0.1, 0.15) is 12.0 Å². The van der Waals surface area contributed by atoms with Gasteiger partial charge in [-0.2, -0.15) is 0 Å². The first-order valence-electron chi connectivity index (χ1n) is 7.69. The Bertz CT molecular complexity index is 788. The van der Waals surface area contributed by atoms with Crippen LogP contribution in [0.4, 0.5) is 10.1 Å². The SMILES string of the molecule is O=C(Nc1cccn(Cc2ccc(F)cc2)c1=O)C1CC(O)CN1. The zero-order chi connectivity index (χ0) is 17.1. The molecule has 1 amide bonds. The quantitative estimate of drug-likeness (QED) is 0.770. The maximum absolute atomic E-state index is 12.9. The van der Waals surface area contributed by atoms with Crippen molar-refractivity contribution in [2.75, 3.05) is 11.9 Å².